The quantitative estimate of drug-likeness (QED) is 0.679. The second-order valence-electron chi connectivity index (χ2n) is 3.78. The van der Waals surface area contributed by atoms with Gasteiger partial charge in [0.25, 0.3) is 0 Å². The smallest absolute Gasteiger partial charge is 0.214 e. The van der Waals surface area contributed by atoms with E-state index in [4.69, 9.17) is 4.74 Å². The molecule has 0 aliphatic carbocycles. The Morgan fingerprint density at radius 3 is 2.94 bits per heavy atom. The molecule has 0 saturated heterocycles. The molecule has 1 heterocycles. The molecule has 2 aromatic rings. The van der Waals surface area contributed by atoms with Crippen LogP contribution in [0.4, 0.5) is 5.69 Å². The van der Waals surface area contributed by atoms with E-state index in [9.17, 15) is 4.79 Å². The van der Waals surface area contributed by atoms with Gasteiger partial charge in [0.1, 0.15) is 12.4 Å². The van der Waals surface area contributed by atoms with Crippen molar-refractivity contribution in [1.82, 2.24) is 0 Å². The van der Waals surface area contributed by atoms with Gasteiger partial charge >= 0.3 is 0 Å². The van der Waals surface area contributed by atoms with Crippen LogP contribution in [-0.2, 0) is 4.79 Å². The number of hydrogen-bond acceptors (Lipinski definition) is 2. The van der Waals surface area contributed by atoms with Gasteiger partial charge in [-0.3, -0.25) is 4.79 Å². The summed E-state index contributed by atoms with van der Waals surface area (Å²) in [7, 11) is 0. The molecule has 0 bridgehead atoms. The standard InChI is InChI=1S/C13H11NO2/c15-9-14-7-8-16-12-6-5-10-3-1-2-4-11(10)13(12)14/h1-6,9H,7-8H2. The molecule has 0 aromatic heterocycles. The van der Waals surface area contributed by atoms with Crippen LogP contribution >= 0.6 is 0 Å². The number of rotatable bonds is 1. The van der Waals surface area contributed by atoms with Crippen LogP contribution in [0.5, 0.6) is 5.75 Å². The highest BCUT2D eigenvalue weighted by Gasteiger charge is 2.19. The van der Waals surface area contributed by atoms with E-state index in [1.165, 1.54) is 0 Å². The molecule has 0 unspecified atom stereocenters. The third-order valence-electron chi connectivity index (χ3n) is 2.87. The maximum absolute atomic E-state index is 11.0. The Labute approximate surface area is 93.2 Å². The van der Waals surface area contributed by atoms with Gasteiger partial charge in [-0.25, -0.2) is 0 Å². The summed E-state index contributed by atoms with van der Waals surface area (Å²) in [6, 6.07) is 12.0. The molecule has 0 fully saturated rings. The second-order valence-corrected chi connectivity index (χ2v) is 3.78. The van der Waals surface area contributed by atoms with Crippen LogP contribution in [0, 0.1) is 0 Å². The van der Waals surface area contributed by atoms with E-state index in [0.717, 1.165) is 28.6 Å². The maximum Gasteiger partial charge on any atom is 0.214 e. The molecule has 0 radical (unpaired) electrons. The molecule has 0 spiro atoms. The number of carbonyl (C=O) groups is 1. The fourth-order valence-corrected chi connectivity index (χ4v) is 2.12. The summed E-state index contributed by atoms with van der Waals surface area (Å²) in [4.78, 5) is 12.7. The van der Waals surface area contributed by atoms with E-state index in [2.05, 4.69) is 0 Å². The highest BCUT2D eigenvalue weighted by Crippen LogP contribution is 2.37. The second kappa shape index (κ2) is 3.52. The Morgan fingerprint density at radius 1 is 1.19 bits per heavy atom. The predicted octanol–water partition coefficient (Wildman–Crippen LogP) is 2.20. The normalized spacial score (nSPS) is 14.4. The molecule has 16 heavy (non-hydrogen) atoms. The number of amides is 1. The van der Waals surface area contributed by atoms with Crippen molar-refractivity contribution in [3.8, 4) is 5.75 Å². The molecule has 1 amide bonds. The Bertz CT molecular complexity index is 551. The minimum atomic E-state index is 0.560. The summed E-state index contributed by atoms with van der Waals surface area (Å²) in [6.45, 7) is 1.18. The van der Waals surface area contributed by atoms with Crippen molar-refractivity contribution in [3.63, 3.8) is 0 Å². The van der Waals surface area contributed by atoms with Crippen molar-refractivity contribution in [2.45, 2.75) is 0 Å². The van der Waals surface area contributed by atoms with E-state index in [1.807, 2.05) is 36.4 Å². The lowest BCUT2D eigenvalue weighted by atomic mass is 10.1. The topological polar surface area (TPSA) is 29.5 Å². The summed E-state index contributed by atoms with van der Waals surface area (Å²) in [5.74, 6) is 0.789. The van der Waals surface area contributed by atoms with Crippen molar-refractivity contribution < 1.29 is 9.53 Å². The van der Waals surface area contributed by atoms with Crippen molar-refractivity contribution in [1.29, 1.82) is 0 Å². The van der Waals surface area contributed by atoms with Crippen LogP contribution in [0.25, 0.3) is 10.8 Å². The Hall–Kier alpha value is -2.03. The minimum Gasteiger partial charge on any atom is -0.490 e. The minimum absolute atomic E-state index is 0.560. The number of benzene rings is 2. The first-order valence-electron chi connectivity index (χ1n) is 5.26. The molecule has 1 aliphatic heterocycles. The third kappa shape index (κ3) is 1.25. The number of hydrogen-bond donors (Lipinski definition) is 0. The maximum atomic E-state index is 11.0. The number of fused-ring (bicyclic) bond motifs is 3. The lowest BCUT2D eigenvalue weighted by molar-refractivity contribution is -0.107. The van der Waals surface area contributed by atoms with Crippen LogP contribution in [-0.4, -0.2) is 19.6 Å². The van der Waals surface area contributed by atoms with Gasteiger partial charge in [0.2, 0.25) is 6.41 Å². The Kier molecular flexibility index (Phi) is 2.03. The molecule has 3 nitrogen and oxygen atoms in total. The molecule has 80 valence electrons. The summed E-state index contributed by atoms with van der Waals surface area (Å²) in [5, 5.41) is 2.19. The highest BCUT2D eigenvalue weighted by atomic mass is 16.5. The zero-order valence-electron chi connectivity index (χ0n) is 8.72. The van der Waals surface area contributed by atoms with Crippen LogP contribution in [0.15, 0.2) is 36.4 Å². The van der Waals surface area contributed by atoms with Crippen molar-refractivity contribution in [3.05, 3.63) is 36.4 Å². The van der Waals surface area contributed by atoms with Gasteiger partial charge in [0.05, 0.1) is 12.2 Å². The largest absolute Gasteiger partial charge is 0.490 e. The summed E-state index contributed by atoms with van der Waals surface area (Å²) >= 11 is 0. The average Bonchev–Trinajstić information content (AvgIpc) is 2.37. The van der Waals surface area contributed by atoms with Gasteiger partial charge in [-0.15, -0.1) is 0 Å². The van der Waals surface area contributed by atoms with Gasteiger partial charge in [0.15, 0.2) is 0 Å². The van der Waals surface area contributed by atoms with Crippen LogP contribution < -0.4 is 9.64 Å². The first-order chi connectivity index (χ1) is 7.90. The predicted molar refractivity (Wildman–Crippen MR) is 62.9 cm³/mol. The first kappa shape index (κ1) is 9.21. The van der Waals surface area contributed by atoms with E-state index in [0.29, 0.717) is 13.2 Å². The van der Waals surface area contributed by atoms with E-state index >= 15 is 0 Å². The molecule has 0 saturated carbocycles. The third-order valence-corrected chi connectivity index (χ3v) is 2.87. The molecule has 0 atom stereocenters. The Balaban J connectivity index is 2.34. The first-order valence-corrected chi connectivity index (χ1v) is 5.26. The number of ether oxygens (including phenoxy) is 1. The fourth-order valence-electron chi connectivity index (χ4n) is 2.12. The molecular formula is C13H11NO2. The summed E-state index contributed by atoms with van der Waals surface area (Å²) in [5.41, 5.74) is 0.888. The molecule has 3 rings (SSSR count). The lowest BCUT2D eigenvalue weighted by Crippen LogP contribution is -2.31. The van der Waals surface area contributed by atoms with E-state index < -0.39 is 0 Å². The van der Waals surface area contributed by atoms with Crippen molar-refractivity contribution >= 4 is 22.9 Å². The van der Waals surface area contributed by atoms with Gasteiger partial charge in [0, 0.05) is 5.39 Å². The molecular weight excluding hydrogens is 202 g/mol. The SMILES string of the molecule is O=CN1CCOc2ccc3ccccc3c21. The summed E-state index contributed by atoms with van der Waals surface area (Å²) < 4.78 is 5.56. The fraction of sp³-hybridized carbons (Fsp3) is 0.154. The average molecular weight is 213 g/mol. The number of nitrogens with zero attached hydrogens (tertiary/aromatic N) is 1. The van der Waals surface area contributed by atoms with Crippen LogP contribution in [0.2, 0.25) is 0 Å². The molecule has 3 heteroatoms. The number of anilines is 1. The van der Waals surface area contributed by atoms with Gasteiger partial charge in [-0.2, -0.15) is 0 Å². The Morgan fingerprint density at radius 2 is 2.06 bits per heavy atom. The molecule has 0 N–H and O–H groups in total. The lowest BCUT2D eigenvalue weighted by Gasteiger charge is -2.27. The van der Waals surface area contributed by atoms with Crippen molar-refractivity contribution in [2.75, 3.05) is 18.1 Å². The molecule has 1 aliphatic rings. The van der Waals surface area contributed by atoms with Gasteiger partial charge < -0.3 is 9.64 Å². The van der Waals surface area contributed by atoms with Crippen LogP contribution in [0.1, 0.15) is 0 Å². The number of carbonyl (C=O) groups excluding carboxylic acids is 1. The zero-order valence-corrected chi connectivity index (χ0v) is 8.72. The van der Waals surface area contributed by atoms with Crippen molar-refractivity contribution in [2.24, 2.45) is 0 Å². The van der Waals surface area contributed by atoms with Crippen LogP contribution in [0.3, 0.4) is 0 Å². The van der Waals surface area contributed by atoms with E-state index in [1.54, 1.807) is 4.90 Å². The summed E-state index contributed by atoms with van der Waals surface area (Å²) in [6.07, 6.45) is 0.869. The van der Waals surface area contributed by atoms with E-state index in [-0.39, 0.29) is 0 Å². The van der Waals surface area contributed by atoms with Gasteiger partial charge in [-0.05, 0) is 11.5 Å². The zero-order chi connectivity index (χ0) is 11.0. The monoisotopic (exact) mass is 213 g/mol. The van der Waals surface area contributed by atoms with Gasteiger partial charge in [-0.1, -0.05) is 30.3 Å². The molecule has 2 aromatic carbocycles. The highest BCUT2D eigenvalue weighted by molar-refractivity contribution is 6.01.